The molecule has 0 saturated carbocycles. The summed E-state index contributed by atoms with van der Waals surface area (Å²) in [6.45, 7) is 2.42. The van der Waals surface area contributed by atoms with Crippen molar-refractivity contribution in [2.45, 2.75) is 25.3 Å². The quantitative estimate of drug-likeness (QED) is 0.786. The number of likely N-dealkylation sites (N-methyl/N-ethyl adjacent to an activating group) is 1. The lowest BCUT2D eigenvalue weighted by atomic mass is 9.89. The van der Waals surface area contributed by atoms with Gasteiger partial charge >= 0.3 is 0 Å². The lowest BCUT2D eigenvalue weighted by molar-refractivity contribution is -0.126. The number of amides is 2. The molecule has 7 heteroatoms. The van der Waals surface area contributed by atoms with E-state index in [0.717, 1.165) is 0 Å². The van der Waals surface area contributed by atoms with Crippen molar-refractivity contribution in [1.29, 1.82) is 0 Å². The van der Waals surface area contributed by atoms with Gasteiger partial charge in [0.05, 0.1) is 5.92 Å². The topological polar surface area (TPSA) is 70.2 Å². The van der Waals surface area contributed by atoms with Crippen molar-refractivity contribution in [3.8, 4) is 0 Å². The summed E-state index contributed by atoms with van der Waals surface area (Å²) in [7, 11) is 1.81. The molecule has 0 radical (unpaired) electrons. The number of fused-ring (bicyclic) bond motifs is 1. The molecular formula is C14H19ClFN3O2. The molecule has 1 aromatic rings. The molecule has 21 heavy (non-hydrogen) atoms. The Balaban J connectivity index is 0.00000220. The van der Waals surface area contributed by atoms with Crippen LogP contribution in [-0.4, -0.2) is 31.4 Å². The number of hydrogen-bond acceptors (Lipinski definition) is 3. The number of nitrogens with one attached hydrogen (secondary N) is 3. The number of benzene rings is 1. The maximum Gasteiger partial charge on any atom is 0.228 e. The number of anilines is 1. The first-order chi connectivity index (χ1) is 9.51. The van der Waals surface area contributed by atoms with E-state index in [2.05, 4.69) is 16.0 Å². The van der Waals surface area contributed by atoms with Gasteiger partial charge in [0.25, 0.3) is 0 Å². The summed E-state index contributed by atoms with van der Waals surface area (Å²) < 4.78 is 13.2. The highest BCUT2D eigenvalue weighted by molar-refractivity contribution is 6.01. The van der Waals surface area contributed by atoms with E-state index in [9.17, 15) is 14.0 Å². The fourth-order valence-electron chi connectivity index (χ4n) is 2.15. The number of rotatable bonds is 4. The molecule has 1 aliphatic rings. The second-order valence-corrected chi connectivity index (χ2v) is 4.97. The average molecular weight is 316 g/mol. The summed E-state index contributed by atoms with van der Waals surface area (Å²) in [6.07, 6.45) is 0.0817. The fraction of sp³-hybridized carbons (Fsp3) is 0.429. The Morgan fingerprint density at radius 3 is 2.90 bits per heavy atom. The molecule has 2 unspecified atom stereocenters. The highest BCUT2D eigenvalue weighted by Crippen LogP contribution is 2.32. The van der Waals surface area contributed by atoms with Crippen LogP contribution in [-0.2, 0) is 9.59 Å². The van der Waals surface area contributed by atoms with E-state index < -0.39 is 11.7 Å². The molecule has 3 N–H and O–H groups in total. The van der Waals surface area contributed by atoms with Gasteiger partial charge in [-0.25, -0.2) is 4.39 Å². The Bertz CT molecular complexity index is 539. The van der Waals surface area contributed by atoms with Crippen molar-refractivity contribution < 1.29 is 14.0 Å². The van der Waals surface area contributed by atoms with Gasteiger partial charge in [-0.3, -0.25) is 9.59 Å². The maximum atomic E-state index is 13.2. The number of carbonyl (C=O) groups excluding carboxylic acids is 2. The summed E-state index contributed by atoms with van der Waals surface area (Å²) in [6, 6.07) is 4.23. The molecule has 5 nitrogen and oxygen atoms in total. The van der Waals surface area contributed by atoms with Crippen LogP contribution >= 0.6 is 12.4 Å². The molecule has 0 aliphatic carbocycles. The van der Waals surface area contributed by atoms with Crippen LogP contribution in [0, 0.1) is 5.82 Å². The first-order valence-electron chi connectivity index (χ1n) is 6.55. The lowest BCUT2D eigenvalue weighted by Gasteiger charge is -2.25. The van der Waals surface area contributed by atoms with Crippen molar-refractivity contribution in [3.05, 3.63) is 29.6 Å². The number of carbonyl (C=O) groups is 2. The minimum atomic E-state index is -0.566. The van der Waals surface area contributed by atoms with Gasteiger partial charge in [0, 0.05) is 24.7 Å². The molecule has 116 valence electrons. The van der Waals surface area contributed by atoms with Gasteiger partial charge < -0.3 is 16.0 Å². The minimum Gasteiger partial charge on any atom is -0.354 e. The summed E-state index contributed by atoms with van der Waals surface area (Å²) in [4.78, 5) is 23.8. The lowest BCUT2D eigenvalue weighted by Crippen LogP contribution is -2.41. The van der Waals surface area contributed by atoms with E-state index in [1.165, 1.54) is 12.1 Å². The van der Waals surface area contributed by atoms with Crippen LogP contribution in [0.5, 0.6) is 0 Å². The van der Waals surface area contributed by atoms with E-state index in [1.54, 1.807) is 6.07 Å². The second kappa shape index (κ2) is 7.38. The van der Waals surface area contributed by atoms with Crippen LogP contribution in [0.2, 0.25) is 0 Å². The zero-order valence-electron chi connectivity index (χ0n) is 11.9. The molecule has 0 spiro atoms. The van der Waals surface area contributed by atoms with Gasteiger partial charge in [0.15, 0.2) is 0 Å². The van der Waals surface area contributed by atoms with Crippen molar-refractivity contribution in [3.63, 3.8) is 0 Å². The van der Waals surface area contributed by atoms with Crippen molar-refractivity contribution in [1.82, 2.24) is 10.6 Å². The Kier molecular flexibility index (Phi) is 6.11. The summed E-state index contributed by atoms with van der Waals surface area (Å²) in [5, 5.41) is 8.41. The normalized spacial score (nSPS) is 18.0. The Hall–Kier alpha value is -1.66. The smallest absolute Gasteiger partial charge is 0.228 e. The fourth-order valence-corrected chi connectivity index (χ4v) is 2.15. The van der Waals surface area contributed by atoms with Crippen LogP contribution in [0.3, 0.4) is 0 Å². The Morgan fingerprint density at radius 1 is 1.52 bits per heavy atom. The van der Waals surface area contributed by atoms with Gasteiger partial charge in [0.1, 0.15) is 5.82 Å². The Morgan fingerprint density at radius 2 is 2.24 bits per heavy atom. The SMILES string of the molecule is CNC(C)CNC(=O)C1CC(=O)Nc2cc(F)ccc21.Cl. The van der Waals surface area contributed by atoms with Gasteiger partial charge in [-0.1, -0.05) is 6.07 Å². The molecule has 2 atom stereocenters. The molecule has 1 aromatic carbocycles. The molecule has 2 amide bonds. The van der Waals surface area contributed by atoms with Crippen LogP contribution in [0.15, 0.2) is 18.2 Å². The van der Waals surface area contributed by atoms with Crippen LogP contribution in [0.1, 0.15) is 24.8 Å². The summed E-state index contributed by atoms with van der Waals surface area (Å²) in [5.41, 5.74) is 1.03. The van der Waals surface area contributed by atoms with Crippen molar-refractivity contribution in [2.75, 3.05) is 18.9 Å². The maximum absolute atomic E-state index is 13.2. The summed E-state index contributed by atoms with van der Waals surface area (Å²) >= 11 is 0. The highest BCUT2D eigenvalue weighted by atomic mass is 35.5. The minimum absolute atomic E-state index is 0. The monoisotopic (exact) mass is 315 g/mol. The van der Waals surface area contributed by atoms with Gasteiger partial charge in [-0.05, 0) is 31.7 Å². The molecule has 0 bridgehead atoms. The largest absolute Gasteiger partial charge is 0.354 e. The van der Waals surface area contributed by atoms with Gasteiger partial charge in [0.2, 0.25) is 11.8 Å². The van der Waals surface area contributed by atoms with E-state index in [-0.39, 0.29) is 36.7 Å². The van der Waals surface area contributed by atoms with Crippen LogP contribution in [0.4, 0.5) is 10.1 Å². The third-order valence-corrected chi connectivity index (χ3v) is 3.45. The molecule has 1 heterocycles. The molecule has 1 aliphatic heterocycles. The third-order valence-electron chi connectivity index (χ3n) is 3.45. The molecule has 0 aromatic heterocycles. The molecule has 0 saturated heterocycles. The summed E-state index contributed by atoms with van der Waals surface area (Å²) in [5.74, 6) is -1.49. The van der Waals surface area contributed by atoms with Gasteiger partial charge in [-0.15, -0.1) is 12.4 Å². The van der Waals surface area contributed by atoms with E-state index in [4.69, 9.17) is 0 Å². The van der Waals surface area contributed by atoms with E-state index in [1.807, 2.05) is 14.0 Å². The average Bonchev–Trinajstić information content (AvgIpc) is 2.42. The highest BCUT2D eigenvalue weighted by Gasteiger charge is 2.30. The second-order valence-electron chi connectivity index (χ2n) is 4.97. The van der Waals surface area contributed by atoms with Gasteiger partial charge in [-0.2, -0.15) is 0 Å². The third kappa shape index (κ3) is 4.15. The standard InChI is InChI=1S/C14H18FN3O2.ClH/c1-8(16-2)7-17-14(20)11-6-13(19)18-12-5-9(15)3-4-10(11)12;/h3-5,8,11,16H,6-7H2,1-2H3,(H,17,20)(H,18,19);1H. The zero-order valence-corrected chi connectivity index (χ0v) is 12.7. The van der Waals surface area contributed by atoms with Crippen molar-refractivity contribution >= 4 is 29.9 Å². The molecular weight excluding hydrogens is 297 g/mol. The predicted octanol–water partition coefficient (Wildman–Crippen LogP) is 1.40. The van der Waals surface area contributed by atoms with Crippen LogP contribution < -0.4 is 16.0 Å². The van der Waals surface area contributed by atoms with Crippen LogP contribution in [0.25, 0.3) is 0 Å². The first kappa shape index (κ1) is 17.4. The van der Waals surface area contributed by atoms with E-state index >= 15 is 0 Å². The zero-order chi connectivity index (χ0) is 14.7. The van der Waals surface area contributed by atoms with E-state index in [0.29, 0.717) is 17.8 Å². The van der Waals surface area contributed by atoms with Crippen molar-refractivity contribution in [2.24, 2.45) is 0 Å². The first-order valence-corrected chi connectivity index (χ1v) is 6.55. The number of halogens is 2. The molecule has 0 fully saturated rings. The molecule has 2 rings (SSSR count). The number of hydrogen-bond donors (Lipinski definition) is 3. The Labute approximate surface area is 129 Å². The predicted molar refractivity (Wildman–Crippen MR) is 81.2 cm³/mol.